The predicted octanol–water partition coefficient (Wildman–Crippen LogP) is 2.34. The molecule has 0 aliphatic heterocycles. The first-order valence-electron chi connectivity index (χ1n) is 6.06. The molecule has 0 amide bonds. The summed E-state index contributed by atoms with van der Waals surface area (Å²) in [6, 6.07) is 0.354. The maximum Gasteiger partial charge on any atom is 0.109 e. The molecule has 0 saturated heterocycles. The van der Waals surface area contributed by atoms with E-state index in [-0.39, 0.29) is 6.10 Å². The number of hydrogen-bond acceptors (Lipinski definition) is 4. The van der Waals surface area contributed by atoms with Crippen LogP contribution >= 0.6 is 11.3 Å². The highest BCUT2D eigenvalue weighted by Crippen LogP contribution is 2.24. The van der Waals surface area contributed by atoms with Crippen molar-refractivity contribution in [1.29, 1.82) is 0 Å². The minimum Gasteiger partial charge on any atom is -0.393 e. The molecule has 1 saturated carbocycles. The molecule has 1 aliphatic carbocycles. The summed E-state index contributed by atoms with van der Waals surface area (Å²) in [5, 5.41) is 16.1. The third-order valence-corrected chi connectivity index (χ3v) is 4.31. The number of thiazole rings is 1. The molecular formula is C12H20N2OS. The first-order chi connectivity index (χ1) is 7.75. The van der Waals surface area contributed by atoms with Gasteiger partial charge in [-0.2, -0.15) is 0 Å². The molecule has 3 nitrogen and oxygen atoms in total. The largest absolute Gasteiger partial charge is 0.393 e. The van der Waals surface area contributed by atoms with Crippen molar-refractivity contribution in [1.82, 2.24) is 10.3 Å². The van der Waals surface area contributed by atoms with Gasteiger partial charge in [-0.1, -0.05) is 0 Å². The zero-order valence-corrected chi connectivity index (χ0v) is 10.5. The molecule has 1 fully saturated rings. The van der Waals surface area contributed by atoms with Crippen molar-refractivity contribution >= 4 is 11.3 Å². The van der Waals surface area contributed by atoms with Gasteiger partial charge in [-0.05, 0) is 45.1 Å². The van der Waals surface area contributed by atoms with Gasteiger partial charge in [0.2, 0.25) is 0 Å². The normalized spacial score (nSPS) is 27.9. The van der Waals surface area contributed by atoms with E-state index >= 15 is 0 Å². The highest BCUT2D eigenvalue weighted by atomic mass is 32.1. The van der Waals surface area contributed by atoms with Crippen LogP contribution in [0.15, 0.2) is 11.6 Å². The summed E-state index contributed by atoms with van der Waals surface area (Å²) in [4.78, 5) is 4.31. The molecule has 2 rings (SSSR count). The molecule has 16 heavy (non-hydrogen) atoms. The smallest absolute Gasteiger partial charge is 0.109 e. The Labute approximate surface area is 101 Å². The summed E-state index contributed by atoms with van der Waals surface area (Å²) in [6.45, 7) is 3.21. The molecule has 0 spiro atoms. The summed E-state index contributed by atoms with van der Waals surface area (Å²) >= 11 is 1.70. The van der Waals surface area contributed by atoms with E-state index in [9.17, 15) is 5.11 Å². The average molecular weight is 240 g/mol. The van der Waals surface area contributed by atoms with Crippen LogP contribution in [-0.4, -0.2) is 22.7 Å². The molecule has 1 aromatic rings. The van der Waals surface area contributed by atoms with Gasteiger partial charge in [0.25, 0.3) is 0 Å². The maximum atomic E-state index is 9.43. The lowest BCUT2D eigenvalue weighted by Gasteiger charge is -2.26. The van der Waals surface area contributed by atoms with Crippen LogP contribution in [0.5, 0.6) is 0 Å². The van der Waals surface area contributed by atoms with Crippen molar-refractivity contribution in [3.05, 3.63) is 16.6 Å². The van der Waals surface area contributed by atoms with E-state index in [1.165, 1.54) is 0 Å². The number of aromatic nitrogens is 1. The standard InChI is InChI=1S/C12H20N2OS/c1-9(12-13-6-7-16-12)14-8-10-2-4-11(15)5-3-10/h6-7,9-11,14-15H,2-5,8H2,1H3. The number of nitrogens with one attached hydrogen (secondary N) is 1. The molecule has 1 atom stereocenters. The van der Waals surface area contributed by atoms with Crippen LogP contribution in [0.3, 0.4) is 0 Å². The Hall–Kier alpha value is -0.450. The second-order valence-corrected chi connectivity index (χ2v) is 5.60. The lowest BCUT2D eigenvalue weighted by atomic mass is 9.87. The van der Waals surface area contributed by atoms with Crippen molar-refractivity contribution in [2.24, 2.45) is 5.92 Å². The minimum absolute atomic E-state index is 0.0485. The number of hydrogen-bond donors (Lipinski definition) is 2. The van der Waals surface area contributed by atoms with E-state index in [4.69, 9.17) is 0 Å². The van der Waals surface area contributed by atoms with E-state index in [2.05, 4.69) is 17.2 Å². The topological polar surface area (TPSA) is 45.1 Å². The van der Waals surface area contributed by atoms with Gasteiger partial charge >= 0.3 is 0 Å². The van der Waals surface area contributed by atoms with Crippen molar-refractivity contribution in [3.8, 4) is 0 Å². The Morgan fingerprint density at radius 1 is 1.50 bits per heavy atom. The van der Waals surface area contributed by atoms with Crippen LogP contribution in [0.25, 0.3) is 0 Å². The first kappa shape index (κ1) is 12.0. The average Bonchev–Trinajstić information content (AvgIpc) is 2.81. The van der Waals surface area contributed by atoms with Crippen LogP contribution in [0, 0.1) is 5.92 Å². The molecule has 90 valence electrons. The Morgan fingerprint density at radius 3 is 2.88 bits per heavy atom. The molecule has 0 radical (unpaired) electrons. The summed E-state index contributed by atoms with van der Waals surface area (Å²) in [7, 11) is 0. The van der Waals surface area contributed by atoms with E-state index in [0.29, 0.717) is 6.04 Å². The van der Waals surface area contributed by atoms with Gasteiger partial charge in [0.05, 0.1) is 12.1 Å². The van der Waals surface area contributed by atoms with Gasteiger partial charge in [0, 0.05) is 11.6 Å². The fourth-order valence-electron chi connectivity index (χ4n) is 2.23. The third-order valence-electron chi connectivity index (χ3n) is 3.35. The molecule has 4 heteroatoms. The fourth-order valence-corrected chi connectivity index (χ4v) is 2.90. The van der Waals surface area contributed by atoms with Crippen molar-refractivity contribution in [3.63, 3.8) is 0 Å². The monoisotopic (exact) mass is 240 g/mol. The molecule has 0 bridgehead atoms. The molecule has 0 aromatic carbocycles. The SMILES string of the molecule is CC(NCC1CCC(O)CC1)c1nccs1. The van der Waals surface area contributed by atoms with Crippen LogP contribution < -0.4 is 5.32 Å². The van der Waals surface area contributed by atoms with Gasteiger partial charge in [0.1, 0.15) is 5.01 Å². The van der Waals surface area contributed by atoms with E-state index in [1.807, 2.05) is 11.6 Å². The highest BCUT2D eigenvalue weighted by molar-refractivity contribution is 7.09. The van der Waals surface area contributed by atoms with Crippen LogP contribution in [0.1, 0.15) is 43.7 Å². The zero-order chi connectivity index (χ0) is 11.4. The Morgan fingerprint density at radius 2 is 2.25 bits per heavy atom. The lowest BCUT2D eigenvalue weighted by molar-refractivity contribution is 0.108. The summed E-state index contributed by atoms with van der Waals surface area (Å²) in [5.74, 6) is 0.728. The van der Waals surface area contributed by atoms with Crippen LogP contribution in [0.4, 0.5) is 0 Å². The first-order valence-corrected chi connectivity index (χ1v) is 6.94. The predicted molar refractivity (Wildman–Crippen MR) is 66.5 cm³/mol. The van der Waals surface area contributed by atoms with Crippen LogP contribution in [-0.2, 0) is 0 Å². The number of nitrogens with zero attached hydrogens (tertiary/aromatic N) is 1. The van der Waals surface area contributed by atoms with Gasteiger partial charge in [-0.25, -0.2) is 4.98 Å². The number of rotatable bonds is 4. The molecular weight excluding hydrogens is 220 g/mol. The molecule has 1 aromatic heterocycles. The molecule has 1 heterocycles. The lowest BCUT2D eigenvalue weighted by Crippen LogP contribution is -2.29. The van der Waals surface area contributed by atoms with Crippen molar-refractivity contribution < 1.29 is 5.11 Å². The second-order valence-electron chi connectivity index (χ2n) is 4.67. The van der Waals surface area contributed by atoms with Crippen molar-refractivity contribution in [2.45, 2.75) is 44.8 Å². The van der Waals surface area contributed by atoms with E-state index in [1.54, 1.807) is 11.3 Å². The highest BCUT2D eigenvalue weighted by Gasteiger charge is 2.19. The number of aliphatic hydroxyl groups is 1. The molecule has 1 aliphatic rings. The maximum absolute atomic E-state index is 9.43. The fraction of sp³-hybridized carbons (Fsp3) is 0.750. The minimum atomic E-state index is -0.0485. The van der Waals surface area contributed by atoms with E-state index in [0.717, 1.165) is 43.2 Å². The Balaban J connectivity index is 1.71. The Kier molecular flexibility index (Phi) is 4.32. The van der Waals surface area contributed by atoms with E-state index < -0.39 is 0 Å². The van der Waals surface area contributed by atoms with Gasteiger partial charge < -0.3 is 10.4 Å². The Bertz CT molecular complexity index is 294. The number of aliphatic hydroxyl groups excluding tert-OH is 1. The van der Waals surface area contributed by atoms with Gasteiger partial charge in [-0.3, -0.25) is 0 Å². The van der Waals surface area contributed by atoms with Gasteiger partial charge in [-0.15, -0.1) is 11.3 Å². The van der Waals surface area contributed by atoms with Crippen LogP contribution in [0.2, 0.25) is 0 Å². The summed E-state index contributed by atoms with van der Waals surface area (Å²) in [5.41, 5.74) is 0. The molecule has 2 N–H and O–H groups in total. The van der Waals surface area contributed by atoms with Gasteiger partial charge in [0.15, 0.2) is 0 Å². The zero-order valence-electron chi connectivity index (χ0n) is 9.72. The summed E-state index contributed by atoms with van der Waals surface area (Å²) in [6.07, 6.45) is 6.05. The molecule has 1 unspecified atom stereocenters. The summed E-state index contributed by atoms with van der Waals surface area (Å²) < 4.78 is 0. The quantitative estimate of drug-likeness (QED) is 0.849. The second kappa shape index (κ2) is 5.75. The van der Waals surface area contributed by atoms with Crippen molar-refractivity contribution in [2.75, 3.05) is 6.54 Å². The third kappa shape index (κ3) is 3.27.